The quantitative estimate of drug-likeness (QED) is 0.932. The van der Waals surface area contributed by atoms with E-state index in [-0.39, 0.29) is 5.56 Å². The Hall–Kier alpha value is -2.30. The van der Waals surface area contributed by atoms with Crippen molar-refractivity contribution in [2.75, 3.05) is 0 Å². The molecule has 1 N–H and O–H groups in total. The summed E-state index contributed by atoms with van der Waals surface area (Å²) >= 11 is 0. The molecule has 0 fully saturated rings. The van der Waals surface area contributed by atoms with Crippen molar-refractivity contribution in [1.82, 2.24) is 9.94 Å². The van der Waals surface area contributed by atoms with Crippen LogP contribution < -0.4 is 4.84 Å². The molecule has 2 rings (SSSR count). The molecular formula is C15H20N2O3. The molecule has 20 heavy (non-hydrogen) atoms. The number of rotatable bonds is 4. The predicted octanol–water partition coefficient (Wildman–Crippen LogP) is 2.85. The third kappa shape index (κ3) is 3.60. The zero-order chi connectivity index (χ0) is 15.1. The molecule has 108 valence electrons. The third-order valence-corrected chi connectivity index (χ3v) is 2.66. The van der Waals surface area contributed by atoms with Crippen molar-refractivity contribution in [3.8, 4) is 0 Å². The second kappa shape index (κ2) is 7.33. The molecule has 0 aliphatic heterocycles. The summed E-state index contributed by atoms with van der Waals surface area (Å²) in [6.07, 6.45) is 0. The molecule has 2 aromatic rings. The molecule has 0 unspecified atom stereocenters. The van der Waals surface area contributed by atoms with E-state index in [1.807, 2.05) is 44.2 Å². The van der Waals surface area contributed by atoms with Crippen molar-refractivity contribution >= 4 is 5.97 Å². The predicted molar refractivity (Wildman–Crippen MR) is 76.7 cm³/mol. The Morgan fingerprint density at radius 1 is 1.25 bits per heavy atom. The first-order chi connectivity index (χ1) is 9.59. The van der Waals surface area contributed by atoms with Gasteiger partial charge in [-0.15, -0.1) is 9.94 Å². The van der Waals surface area contributed by atoms with E-state index in [0.29, 0.717) is 18.0 Å². The molecular weight excluding hydrogens is 256 g/mol. The number of nitrogens with zero attached hydrogens (tertiary/aromatic N) is 2. The molecule has 5 nitrogen and oxygen atoms in total. The third-order valence-electron chi connectivity index (χ3n) is 2.66. The van der Waals surface area contributed by atoms with Gasteiger partial charge in [0.1, 0.15) is 12.2 Å². The molecule has 1 heterocycles. The zero-order valence-corrected chi connectivity index (χ0v) is 12.3. The first-order valence-corrected chi connectivity index (χ1v) is 6.56. The van der Waals surface area contributed by atoms with E-state index in [2.05, 4.69) is 5.10 Å². The van der Waals surface area contributed by atoms with Crippen LogP contribution in [-0.4, -0.2) is 21.0 Å². The monoisotopic (exact) mass is 276 g/mol. The lowest BCUT2D eigenvalue weighted by Gasteiger charge is -2.06. The lowest BCUT2D eigenvalue weighted by Crippen LogP contribution is -2.15. The first-order valence-electron chi connectivity index (χ1n) is 6.56. The van der Waals surface area contributed by atoms with Crippen LogP contribution in [0.5, 0.6) is 0 Å². The molecule has 0 aliphatic carbocycles. The molecule has 0 atom stereocenters. The van der Waals surface area contributed by atoms with E-state index >= 15 is 0 Å². The Labute approximate surface area is 118 Å². The maximum Gasteiger partial charge on any atom is 0.339 e. The SMILES string of the molecule is CC.Cc1nn(OCc2ccccc2)c(C)c1C(=O)O. The van der Waals surface area contributed by atoms with E-state index in [9.17, 15) is 4.79 Å². The average molecular weight is 276 g/mol. The lowest BCUT2D eigenvalue weighted by atomic mass is 10.2. The molecule has 5 heteroatoms. The highest BCUT2D eigenvalue weighted by Gasteiger charge is 2.18. The van der Waals surface area contributed by atoms with E-state index in [1.165, 1.54) is 4.85 Å². The highest BCUT2D eigenvalue weighted by atomic mass is 16.7. The maximum atomic E-state index is 11.0. The molecule has 0 aliphatic rings. The van der Waals surface area contributed by atoms with Gasteiger partial charge in [0.25, 0.3) is 0 Å². The summed E-state index contributed by atoms with van der Waals surface area (Å²) in [5, 5.41) is 13.1. The molecule has 0 saturated heterocycles. The Balaban J connectivity index is 0.000000956. The number of carboxylic acid groups (broad SMARTS) is 1. The van der Waals surface area contributed by atoms with E-state index < -0.39 is 5.97 Å². The van der Waals surface area contributed by atoms with Crippen LogP contribution in [0.2, 0.25) is 0 Å². The van der Waals surface area contributed by atoms with Gasteiger partial charge in [-0.05, 0) is 19.4 Å². The molecule has 0 radical (unpaired) electrons. The minimum absolute atomic E-state index is 0.197. The standard InChI is InChI=1S/C13H14N2O3.C2H6/c1-9-12(13(16)17)10(2)15(14-9)18-8-11-6-4-3-5-7-11;1-2/h3-7H,8H2,1-2H3,(H,16,17);1-2H3. The molecule has 0 saturated carbocycles. The van der Waals surface area contributed by atoms with Gasteiger partial charge in [-0.25, -0.2) is 4.79 Å². The molecule has 1 aromatic carbocycles. The van der Waals surface area contributed by atoms with E-state index in [4.69, 9.17) is 9.94 Å². The minimum atomic E-state index is -0.987. The van der Waals surface area contributed by atoms with Crippen LogP contribution in [0.4, 0.5) is 0 Å². The van der Waals surface area contributed by atoms with E-state index in [0.717, 1.165) is 5.56 Å². The van der Waals surface area contributed by atoms with Gasteiger partial charge in [-0.2, -0.15) is 0 Å². The second-order valence-electron chi connectivity index (χ2n) is 3.98. The van der Waals surface area contributed by atoms with Crippen LogP contribution in [0.3, 0.4) is 0 Å². The summed E-state index contributed by atoms with van der Waals surface area (Å²) < 4.78 is 0. The van der Waals surface area contributed by atoms with Gasteiger partial charge >= 0.3 is 5.97 Å². The number of aryl methyl sites for hydroxylation is 1. The van der Waals surface area contributed by atoms with Crippen molar-refractivity contribution in [3.63, 3.8) is 0 Å². The molecule has 0 spiro atoms. The average Bonchev–Trinajstić information content (AvgIpc) is 2.74. The maximum absolute atomic E-state index is 11.0. The van der Waals surface area contributed by atoms with Crippen LogP contribution in [0.25, 0.3) is 0 Å². The van der Waals surface area contributed by atoms with Gasteiger partial charge in [0.05, 0.1) is 11.4 Å². The highest BCUT2D eigenvalue weighted by Crippen LogP contribution is 2.12. The number of hydrogen-bond donors (Lipinski definition) is 1. The van der Waals surface area contributed by atoms with Gasteiger partial charge < -0.3 is 9.94 Å². The summed E-state index contributed by atoms with van der Waals surface area (Å²) in [5.41, 5.74) is 2.15. The summed E-state index contributed by atoms with van der Waals surface area (Å²) in [7, 11) is 0. The van der Waals surface area contributed by atoms with Crippen molar-refractivity contribution in [2.45, 2.75) is 34.3 Å². The van der Waals surface area contributed by atoms with Crippen LogP contribution in [-0.2, 0) is 6.61 Å². The van der Waals surface area contributed by atoms with Gasteiger partial charge in [-0.1, -0.05) is 44.2 Å². The fraction of sp³-hybridized carbons (Fsp3) is 0.333. The number of benzene rings is 1. The topological polar surface area (TPSA) is 64.4 Å². The highest BCUT2D eigenvalue weighted by molar-refractivity contribution is 5.90. The number of carboxylic acids is 1. The fourth-order valence-corrected chi connectivity index (χ4v) is 1.76. The Kier molecular flexibility index (Phi) is 5.77. The largest absolute Gasteiger partial charge is 0.478 e. The second-order valence-corrected chi connectivity index (χ2v) is 3.98. The van der Waals surface area contributed by atoms with Gasteiger partial charge in [0.2, 0.25) is 0 Å². The summed E-state index contributed by atoms with van der Waals surface area (Å²) in [5.74, 6) is -0.987. The smallest absolute Gasteiger partial charge is 0.339 e. The minimum Gasteiger partial charge on any atom is -0.478 e. The summed E-state index contributed by atoms with van der Waals surface area (Å²) in [6, 6.07) is 9.63. The lowest BCUT2D eigenvalue weighted by molar-refractivity contribution is 0.0625. The van der Waals surface area contributed by atoms with Crippen molar-refractivity contribution in [3.05, 3.63) is 52.8 Å². The Morgan fingerprint density at radius 2 is 1.85 bits per heavy atom. The van der Waals surface area contributed by atoms with Crippen molar-refractivity contribution in [2.24, 2.45) is 0 Å². The van der Waals surface area contributed by atoms with Crippen LogP contribution >= 0.6 is 0 Å². The fourth-order valence-electron chi connectivity index (χ4n) is 1.76. The van der Waals surface area contributed by atoms with Gasteiger partial charge in [0.15, 0.2) is 0 Å². The van der Waals surface area contributed by atoms with Crippen molar-refractivity contribution < 1.29 is 14.7 Å². The molecule has 1 aromatic heterocycles. The van der Waals surface area contributed by atoms with Crippen LogP contribution in [0.1, 0.15) is 41.2 Å². The molecule has 0 amide bonds. The Morgan fingerprint density at radius 3 is 2.35 bits per heavy atom. The first kappa shape index (κ1) is 15.8. The van der Waals surface area contributed by atoms with E-state index in [1.54, 1.807) is 13.8 Å². The number of carbonyl (C=O) groups is 1. The van der Waals surface area contributed by atoms with Gasteiger partial charge in [0, 0.05) is 0 Å². The summed E-state index contributed by atoms with van der Waals surface area (Å²) in [6.45, 7) is 7.68. The molecule has 0 bridgehead atoms. The number of hydrogen-bond acceptors (Lipinski definition) is 3. The number of aromatic carboxylic acids is 1. The van der Waals surface area contributed by atoms with Crippen LogP contribution in [0, 0.1) is 13.8 Å². The van der Waals surface area contributed by atoms with Crippen molar-refractivity contribution in [1.29, 1.82) is 0 Å². The summed E-state index contributed by atoms with van der Waals surface area (Å²) in [4.78, 5) is 17.8. The van der Waals surface area contributed by atoms with Crippen LogP contribution in [0.15, 0.2) is 30.3 Å². The van der Waals surface area contributed by atoms with Gasteiger partial charge in [-0.3, -0.25) is 0 Å². The zero-order valence-electron chi connectivity index (χ0n) is 12.3. The number of aromatic nitrogens is 2. The Bertz CT molecular complexity index is 562. The normalized spacial score (nSPS) is 9.60.